The second kappa shape index (κ2) is 4.96. The third-order valence-electron chi connectivity index (χ3n) is 2.65. The van der Waals surface area contributed by atoms with Crippen molar-refractivity contribution in [3.05, 3.63) is 41.7 Å². The lowest BCUT2D eigenvalue weighted by atomic mass is 9.99. The molecule has 0 amide bonds. The van der Waals surface area contributed by atoms with Gasteiger partial charge >= 0.3 is 6.18 Å². The van der Waals surface area contributed by atoms with E-state index in [1.165, 1.54) is 0 Å². The standard InChI is InChI=1S/C11H12F3N5/c1-19-3-2-9(18-19)8(4-15)7-5-16-10(17-6-7)11(12,13)14/h2-3,5-6,8H,4,15H2,1H3/t8-/m0/s1. The first-order valence-electron chi connectivity index (χ1n) is 5.50. The Labute approximate surface area is 107 Å². The predicted molar refractivity (Wildman–Crippen MR) is 61.1 cm³/mol. The summed E-state index contributed by atoms with van der Waals surface area (Å²) in [5.74, 6) is -1.48. The van der Waals surface area contributed by atoms with Crippen LogP contribution >= 0.6 is 0 Å². The van der Waals surface area contributed by atoms with Crippen LogP contribution in [0, 0.1) is 0 Å². The summed E-state index contributed by atoms with van der Waals surface area (Å²) in [4.78, 5) is 6.65. The minimum absolute atomic E-state index is 0.214. The zero-order valence-corrected chi connectivity index (χ0v) is 10.1. The number of aromatic nitrogens is 4. The van der Waals surface area contributed by atoms with E-state index in [0.717, 1.165) is 12.4 Å². The summed E-state index contributed by atoms with van der Waals surface area (Å²) < 4.78 is 38.7. The average molecular weight is 271 g/mol. The molecule has 8 heteroatoms. The van der Waals surface area contributed by atoms with E-state index in [9.17, 15) is 13.2 Å². The first-order chi connectivity index (χ1) is 8.91. The number of nitrogens with two attached hydrogens (primary N) is 1. The third kappa shape index (κ3) is 2.90. The van der Waals surface area contributed by atoms with Gasteiger partial charge in [0.2, 0.25) is 5.82 Å². The molecule has 0 aliphatic carbocycles. The maximum Gasteiger partial charge on any atom is 0.451 e. The number of nitrogens with zero attached hydrogens (tertiary/aromatic N) is 4. The van der Waals surface area contributed by atoms with E-state index >= 15 is 0 Å². The van der Waals surface area contributed by atoms with Crippen molar-refractivity contribution in [2.45, 2.75) is 12.1 Å². The molecule has 0 radical (unpaired) electrons. The molecule has 2 aromatic rings. The highest BCUT2D eigenvalue weighted by molar-refractivity contribution is 5.24. The van der Waals surface area contributed by atoms with Crippen molar-refractivity contribution in [1.82, 2.24) is 19.7 Å². The molecule has 0 saturated carbocycles. The lowest BCUT2D eigenvalue weighted by Crippen LogP contribution is -2.17. The van der Waals surface area contributed by atoms with E-state index in [-0.39, 0.29) is 12.5 Å². The fraction of sp³-hybridized carbons (Fsp3) is 0.364. The summed E-state index contributed by atoms with van der Waals surface area (Å²) >= 11 is 0. The minimum atomic E-state index is -4.54. The summed E-state index contributed by atoms with van der Waals surface area (Å²) in [7, 11) is 1.75. The zero-order chi connectivity index (χ0) is 14.0. The molecule has 2 aromatic heterocycles. The molecule has 0 fully saturated rings. The molecule has 102 valence electrons. The molecular formula is C11H12F3N5. The Balaban J connectivity index is 2.30. The molecule has 0 aliphatic heterocycles. The normalized spacial score (nSPS) is 13.5. The fourth-order valence-corrected chi connectivity index (χ4v) is 1.71. The lowest BCUT2D eigenvalue weighted by molar-refractivity contribution is -0.145. The van der Waals surface area contributed by atoms with Crippen molar-refractivity contribution in [2.24, 2.45) is 12.8 Å². The molecule has 2 N–H and O–H groups in total. The molecule has 0 unspecified atom stereocenters. The Hall–Kier alpha value is -1.96. The van der Waals surface area contributed by atoms with Crippen LogP contribution in [0.1, 0.15) is 23.0 Å². The highest BCUT2D eigenvalue weighted by Crippen LogP contribution is 2.27. The van der Waals surface area contributed by atoms with Crippen molar-refractivity contribution in [1.29, 1.82) is 0 Å². The summed E-state index contributed by atoms with van der Waals surface area (Å²) in [6.45, 7) is 0.214. The number of halogens is 3. The van der Waals surface area contributed by atoms with Gasteiger partial charge in [-0.25, -0.2) is 9.97 Å². The topological polar surface area (TPSA) is 69.6 Å². The molecule has 5 nitrogen and oxygen atoms in total. The fourth-order valence-electron chi connectivity index (χ4n) is 1.71. The van der Waals surface area contributed by atoms with Gasteiger partial charge in [-0.3, -0.25) is 4.68 Å². The van der Waals surface area contributed by atoms with Crippen LogP contribution in [0.3, 0.4) is 0 Å². The molecule has 0 saturated heterocycles. The smallest absolute Gasteiger partial charge is 0.329 e. The molecular weight excluding hydrogens is 259 g/mol. The van der Waals surface area contributed by atoms with Crippen molar-refractivity contribution >= 4 is 0 Å². The minimum Gasteiger partial charge on any atom is -0.329 e. The molecule has 0 spiro atoms. The van der Waals surface area contributed by atoms with E-state index < -0.39 is 12.0 Å². The van der Waals surface area contributed by atoms with Crippen LogP contribution in [0.4, 0.5) is 13.2 Å². The van der Waals surface area contributed by atoms with Gasteiger partial charge in [0.1, 0.15) is 0 Å². The number of alkyl halides is 3. The van der Waals surface area contributed by atoms with Crippen LogP contribution in [-0.2, 0) is 13.2 Å². The lowest BCUT2D eigenvalue weighted by Gasteiger charge is -2.12. The molecule has 0 aliphatic rings. The van der Waals surface area contributed by atoms with Gasteiger partial charge < -0.3 is 5.73 Å². The highest BCUT2D eigenvalue weighted by atomic mass is 19.4. The first-order valence-corrected chi connectivity index (χ1v) is 5.50. The van der Waals surface area contributed by atoms with Gasteiger partial charge in [-0.2, -0.15) is 18.3 Å². The van der Waals surface area contributed by atoms with Crippen LogP contribution in [0.15, 0.2) is 24.7 Å². The Morgan fingerprint density at radius 2 is 1.95 bits per heavy atom. The van der Waals surface area contributed by atoms with Gasteiger partial charge in [0.05, 0.1) is 5.69 Å². The Kier molecular flexibility index (Phi) is 3.52. The number of aryl methyl sites for hydroxylation is 1. The van der Waals surface area contributed by atoms with Crippen molar-refractivity contribution in [2.75, 3.05) is 6.54 Å². The van der Waals surface area contributed by atoms with E-state index in [1.807, 2.05) is 0 Å². The van der Waals surface area contributed by atoms with Crippen LogP contribution in [0.2, 0.25) is 0 Å². The van der Waals surface area contributed by atoms with Gasteiger partial charge in [-0.15, -0.1) is 0 Å². The van der Waals surface area contributed by atoms with Crippen LogP contribution in [0.25, 0.3) is 0 Å². The Morgan fingerprint density at radius 3 is 2.37 bits per heavy atom. The molecule has 0 bridgehead atoms. The number of rotatable bonds is 3. The van der Waals surface area contributed by atoms with Crippen molar-refractivity contribution in [3.63, 3.8) is 0 Å². The quantitative estimate of drug-likeness (QED) is 0.914. The largest absolute Gasteiger partial charge is 0.451 e. The Morgan fingerprint density at radius 1 is 1.32 bits per heavy atom. The maximum atomic E-state index is 12.4. The summed E-state index contributed by atoms with van der Waals surface area (Å²) in [6.07, 6.45) is -0.519. The van der Waals surface area contributed by atoms with Gasteiger partial charge in [0.25, 0.3) is 0 Å². The molecule has 19 heavy (non-hydrogen) atoms. The number of hydrogen-bond donors (Lipinski definition) is 1. The predicted octanol–water partition coefficient (Wildman–Crippen LogP) is 1.32. The van der Waals surface area contributed by atoms with Crippen LogP contribution in [0.5, 0.6) is 0 Å². The average Bonchev–Trinajstić information content (AvgIpc) is 2.76. The summed E-state index contributed by atoms with van der Waals surface area (Å²) in [5, 5.41) is 4.19. The monoisotopic (exact) mass is 271 g/mol. The second-order valence-corrected chi connectivity index (χ2v) is 4.04. The van der Waals surface area contributed by atoms with E-state index in [4.69, 9.17) is 5.73 Å². The van der Waals surface area contributed by atoms with E-state index in [0.29, 0.717) is 11.3 Å². The second-order valence-electron chi connectivity index (χ2n) is 4.04. The summed E-state index contributed by atoms with van der Waals surface area (Å²) in [6, 6.07) is 1.76. The van der Waals surface area contributed by atoms with Crippen molar-refractivity contribution in [3.8, 4) is 0 Å². The molecule has 0 aromatic carbocycles. The Bertz CT molecular complexity index is 546. The zero-order valence-electron chi connectivity index (χ0n) is 10.1. The highest BCUT2D eigenvalue weighted by Gasteiger charge is 2.34. The van der Waals surface area contributed by atoms with E-state index in [2.05, 4.69) is 15.1 Å². The third-order valence-corrected chi connectivity index (χ3v) is 2.65. The van der Waals surface area contributed by atoms with Crippen molar-refractivity contribution < 1.29 is 13.2 Å². The SMILES string of the molecule is Cn1ccc([C@@H](CN)c2cnc(C(F)(F)F)nc2)n1. The van der Waals surface area contributed by atoms with Gasteiger partial charge in [-0.1, -0.05) is 0 Å². The van der Waals surface area contributed by atoms with Crippen LogP contribution < -0.4 is 5.73 Å². The van der Waals surface area contributed by atoms with Gasteiger partial charge in [0.15, 0.2) is 0 Å². The van der Waals surface area contributed by atoms with E-state index in [1.54, 1.807) is 24.0 Å². The van der Waals surface area contributed by atoms with Gasteiger partial charge in [-0.05, 0) is 11.6 Å². The van der Waals surface area contributed by atoms with Crippen LogP contribution in [-0.4, -0.2) is 26.3 Å². The maximum absolute atomic E-state index is 12.4. The number of hydrogen-bond acceptors (Lipinski definition) is 4. The molecule has 2 heterocycles. The molecule has 2 rings (SSSR count). The molecule has 1 atom stereocenters. The summed E-state index contributed by atoms with van der Waals surface area (Å²) in [5.41, 5.74) is 6.83. The first kappa shape index (κ1) is 13.5. The van der Waals surface area contributed by atoms with Gasteiger partial charge in [0, 0.05) is 38.1 Å².